The van der Waals surface area contributed by atoms with E-state index < -0.39 is 23.7 Å². The minimum absolute atomic E-state index is 0.0602. The van der Waals surface area contributed by atoms with Crippen LogP contribution in [-0.2, 0) is 4.65 Å². The van der Waals surface area contributed by atoms with Crippen molar-refractivity contribution in [3.8, 4) is 11.5 Å². The maximum Gasteiger partial charge on any atom is 0.387 e. The number of rotatable bonds is 9. The number of alkyl halides is 2. The average Bonchev–Trinajstić information content (AvgIpc) is 2.50. The lowest BCUT2D eigenvalue weighted by atomic mass is 9.82. The van der Waals surface area contributed by atoms with Gasteiger partial charge in [0, 0.05) is 6.54 Å². The van der Waals surface area contributed by atoms with E-state index >= 15 is 0 Å². The van der Waals surface area contributed by atoms with Gasteiger partial charge in [0.15, 0.2) is 0 Å². The third-order valence-corrected chi connectivity index (χ3v) is 4.05. The van der Waals surface area contributed by atoms with E-state index in [1.165, 1.54) is 26.7 Å². The lowest BCUT2D eigenvalue weighted by Gasteiger charge is -2.37. The number of amides is 1. The van der Waals surface area contributed by atoms with Gasteiger partial charge in [-0.05, 0) is 52.2 Å². The van der Waals surface area contributed by atoms with Crippen LogP contribution in [0.5, 0.6) is 11.5 Å². The third kappa shape index (κ3) is 5.57. The molecule has 0 aliphatic rings. The molecular formula is C17H25BF2NO5. The normalized spacial score (nSPS) is 12.1. The lowest BCUT2D eigenvalue weighted by Crippen LogP contribution is -2.49. The summed E-state index contributed by atoms with van der Waals surface area (Å²) in [4.78, 5) is 12.2. The molecule has 145 valence electrons. The predicted octanol–water partition coefficient (Wildman–Crippen LogP) is 1.86. The van der Waals surface area contributed by atoms with Crippen molar-refractivity contribution in [1.29, 1.82) is 0 Å². The molecule has 0 saturated heterocycles. The van der Waals surface area contributed by atoms with Gasteiger partial charge in [0.1, 0.15) is 17.1 Å². The summed E-state index contributed by atoms with van der Waals surface area (Å²) in [5.74, 6) is -0.865. The molecule has 0 aliphatic heterocycles. The molecule has 9 heteroatoms. The van der Waals surface area contributed by atoms with E-state index in [1.807, 2.05) is 0 Å². The summed E-state index contributed by atoms with van der Waals surface area (Å²) in [6.07, 6.45) is 0. The maximum atomic E-state index is 12.8. The molecule has 0 spiro atoms. The molecule has 0 heterocycles. The first-order chi connectivity index (χ1) is 11.9. The number of benzene rings is 1. The molecule has 0 fully saturated rings. The SMILES string of the molecule is CCNC(=O)c1c(OC)cc([B]OC(C)(C)C(C)(C)O)cc1OC(F)F. The molecule has 0 unspecified atom stereocenters. The second-order valence-electron chi connectivity index (χ2n) is 6.64. The Bertz CT molecular complexity index is 632. The van der Waals surface area contributed by atoms with E-state index in [1.54, 1.807) is 34.6 Å². The summed E-state index contributed by atoms with van der Waals surface area (Å²) in [5, 5.41) is 12.7. The zero-order valence-corrected chi connectivity index (χ0v) is 15.9. The van der Waals surface area contributed by atoms with Gasteiger partial charge >= 0.3 is 14.1 Å². The molecule has 1 rings (SSSR count). The number of ether oxygens (including phenoxy) is 2. The van der Waals surface area contributed by atoms with E-state index in [0.717, 1.165) is 0 Å². The molecule has 0 atom stereocenters. The monoisotopic (exact) mass is 372 g/mol. The first kappa shape index (κ1) is 22.2. The zero-order chi connectivity index (χ0) is 20.1. The van der Waals surface area contributed by atoms with Crippen LogP contribution in [0.2, 0.25) is 0 Å². The van der Waals surface area contributed by atoms with E-state index in [2.05, 4.69) is 10.1 Å². The zero-order valence-electron chi connectivity index (χ0n) is 15.9. The van der Waals surface area contributed by atoms with Gasteiger partial charge in [-0.1, -0.05) is 0 Å². The fourth-order valence-corrected chi connectivity index (χ4v) is 1.86. The Kier molecular flexibility index (Phi) is 7.40. The molecule has 0 saturated carbocycles. The Hall–Kier alpha value is -1.87. The van der Waals surface area contributed by atoms with Crippen LogP contribution in [0.25, 0.3) is 0 Å². The van der Waals surface area contributed by atoms with Crippen molar-refractivity contribution in [1.82, 2.24) is 5.32 Å². The number of nitrogens with one attached hydrogen (secondary N) is 1. The first-order valence-corrected chi connectivity index (χ1v) is 8.11. The summed E-state index contributed by atoms with van der Waals surface area (Å²) in [6, 6.07) is 2.71. The highest BCUT2D eigenvalue weighted by Gasteiger charge is 2.36. The summed E-state index contributed by atoms with van der Waals surface area (Å²) >= 11 is 0. The average molecular weight is 372 g/mol. The molecule has 0 aliphatic carbocycles. The number of hydrogen-bond acceptors (Lipinski definition) is 5. The third-order valence-electron chi connectivity index (χ3n) is 4.05. The molecule has 2 N–H and O–H groups in total. The Morgan fingerprint density at radius 3 is 2.31 bits per heavy atom. The molecule has 0 aromatic heterocycles. The van der Waals surface area contributed by atoms with Gasteiger partial charge < -0.3 is 24.6 Å². The van der Waals surface area contributed by atoms with Crippen LogP contribution >= 0.6 is 0 Å². The van der Waals surface area contributed by atoms with Gasteiger partial charge in [0.2, 0.25) is 0 Å². The number of aliphatic hydroxyl groups is 1. The molecule has 26 heavy (non-hydrogen) atoms. The maximum absolute atomic E-state index is 12.8. The fraction of sp³-hybridized carbons (Fsp3) is 0.588. The smallest absolute Gasteiger partial charge is 0.387 e. The van der Waals surface area contributed by atoms with Crippen LogP contribution < -0.4 is 20.3 Å². The van der Waals surface area contributed by atoms with Gasteiger partial charge in [0.25, 0.3) is 5.91 Å². The Morgan fingerprint density at radius 2 is 1.85 bits per heavy atom. The summed E-state index contributed by atoms with van der Waals surface area (Å²) in [7, 11) is 2.61. The number of carbonyl (C=O) groups is 1. The summed E-state index contributed by atoms with van der Waals surface area (Å²) < 4.78 is 40.8. The molecule has 1 amide bonds. The first-order valence-electron chi connectivity index (χ1n) is 8.11. The minimum Gasteiger partial charge on any atom is -0.496 e. The van der Waals surface area contributed by atoms with Crippen molar-refractivity contribution in [3.05, 3.63) is 17.7 Å². The van der Waals surface area contributed by atoms with Crippen molar-refractivity contribution >= 4 is 18.9 Å². The van der Waals surface area contributed by atoms with Crippen LogP contribution in [0, 0.1) is 0 Å². The van der Waals surface area contributed by atoms with Crippen LogP contribution in [0.3, 0.4) is 0 Å². The molecule has 1 radical (unpaired) electrons. The van der Waals surface area contributed by atoms with Crippen LogP contribution in [0.4, 0.5) is 8.78 Å². The number of carbonyl (C=O) groups excluding carboxylic acids is 1. The summed E-state index contributed by atoms with van der Waals surface area (Å²) in [5.41, 5.74) is -1.91. The van der Waals surface area contributed by atoms with E-state index in [4.69, 9.17) is 9.39 Å². The van der Waals surface area contributed by atoms with Gasteiger partial charge in [0.05, 0.1) is 18.3 Å². The molecule has 1 aromatic carbocycles. The number of halogens is 2. The molecule has 1 aromatic rings. The molecule has 6 nitrogen and oxygen atoms in total. The minimum atomic E-state index is -3.11. The van der Waals surface area contributed by atoms with Gasteiger partial charge in [-0.3, -0.25) is 4.79 Å². The van der Waals surface area contributed by atoms with Crippen molar-refractivity contribution < 1.29 is 32.8 Å². The standard InChI is InChI=1S/C17H25BF2NO5/c1-7-21-14(22)13-11(24-6)8-10(9-12(13)25-15(19)20)18-26-17(4,5)16(2,3)23/h8-9,15,23H,7H2,1-6H3,(H,21,22). The second kappa shape index (κ2) is 8.68. The quantitative estimate of drug-likeness (QED) is 0.647. The van der Waals surface area contributed by atoms with Crippen molar-refractivity contribution in [3.63, 3.8) is 0 Å². The van der Waals surface area contributed by atoms with Crippen molar-refractivity contribution in [2.75, 3.05) is 13.7 Å². The molecular weight excluding hydrogens is 347 g/mol. The van der Waals surface area contributed by atoms with Crippen molar-refractivity contribution in [2.24, 2.45) is 0 Å². The molecule has 0 bridgehead atoms. The topological polar surface area (TPSA) is 77.0 Å². The summed E-state index contributed by atoms with van der Waals surface area (Å²) in [6.45, 7) is 5.44. The fourth-order valence-electron chi connectivity index (χ4n) is 1.86. The largest absolute Gasteiger partial charge is 0.496 e. The Balaban J connectivity index is 3.25. The van der Waals surface area contributed by atoms with Crippen molar-refractivity contribution in [2.45, 2.75) is 52.4 Å². The van der Waals surface area contributed by atoms with Gasteiger partial charge in [-0.2, -0.15) is 8.78 Å². The van der Waals surface area contributed by atoms with Crippen LogP contribution in [0.15, 0.2) is 12.1 Å². The number of hydrogen-bond donors (Lipinski definition) is 2. The highest BCUT2D eigenvalue weighted by molar-refractivity contribution is 6.47. The highest BCUT2D eigenvalue weighted by atomic mass is 19.3. The lowest BCUT2D eigenvalue weighted by molar-refractivity contribution is -0.0893. The number of methoxy groups -OCH3 is 1. The van der Waals surface area contributed by atoms with E-state index in [-0.39, 0.29) is 17.1 Å². The highest BCUT2D eigenvalue weighted by Crippen LogP contribution is 2.29. The van der Waals surface area contributed by atoms with E-state index in [0.29, 0.717) is 12.0 Å². The Labute approximate surface area is 153 Å². The van der Waals surface area contributed by atoms with E-state index in [9.17, 15) is 18.7 Å². The Morgan fingerprint density at radius 1 is 1.27 bits per heavy atom. The predicted molar refractivity (Wildman–Crippen MR) is 94.5 cm³/mol. The van der Waals surface area contributed by atoms with Crippen LogP contribution in [0.1, 0.15) is 45.0 Å². The van der Waals surface area contributed by atoms with Crippen LogP contribution in [-0.4, -0.2) is 50.0 Å². The second-order valence-corrected chi connectivity index (χ2v) is 6.64. The van der Waals surface area contributed by atoms with Gasteiger partial charge in [-0.15, -0.1) is 0 Å². The van der Waals surface area contributed by atoms with Gasteiger partial charge in [-0.25, -0.2) is 0 Å².